The first-order valence-corrected chi connectivity index (χ1v) is 22.4. The number of thioether (sulfide) groups is 1. The maximum atomic E-state index is 13.9. The zero-order valence-corrected chi connectivity index (χ0v) is 36.1. The minimum atomic E-state index is -1.57. The molecule has 3 N–H and O–H groups in total. The van der Waals surface area contributed by atoms with Crippen molar-refractivity contribution in [1.82, 2.24) is 25.0 Å². The van der Waals surface area contributed by atoms with Gasteiger partial charge < -0.3 is 29.7 Å². The van der Waals surface area contributed by atoms with Gasteiger partial charge in [0.15, 0.2) is 5.82 Å². The Morgan fingerprint density at radius 1 is 1.00 bits per heavy atom. The predicted octanol–water partition coefficient (Wildman–Crippen LogP) is 6.53. The van der Waals surface area contributed by atoms with E-state index in [1.165, 1.54) is 11.3 Å². The van der Waals surface area contributed by atoms with Crippen LogP contribution in [0.5, 0.6) is 11.5 Å². The zero-order chi connectivity index (χ0) is 42.4. The molecule has 0 unspecified atom stereocenters. The first kappa shape index (κ1) is 40.9. The number of nitrogens with one attached hydrogen (secondary N) is 1. The molecule has 0 saturated carbocycles. The first-order chi connectivity index (χ1) is 29.5. The number of rotatable bonds is 10. The number of aryl methyl sites for hydroxylation is 1. The van der Waals surface area contributed by atoms with E-state index in [2.05, 4.69) is 21.6 Å². The number of benzene rings is 4. The molecule has 0 aliphatic carbocycles. The number of carbonyl (C=O) groups is 2. The number of amides is 2. The molecule has 2 amide bonds. The summed E-state index contributed by atoms with van der Waals surface area (Å²) in [5, 5.41) is 32.1. The molecule has 0 radical (unpaired) electrons. The Bertz CT molecular complexity index is 2690. The Hall–Kier alpha value is -5.45. The standard InChI is InChI=1S/C45H42BClN6O6S2/c1-26-50-51-42-36(49-41(28-8-10-31(47)11-9-28)34-21-32(58-2)12-13-37(34)53(26)42)23-40(54)48-24-27-7-14-38-35(19-27)45(25-59-38)15-17-52(18-16-45)43(55)39-22-33(44(60-3)61-39)29-5-4-6-30(20-29)46(56)57/h4-14,19-22,36,56-57H,15-18,23-25H2,1-3H3,(H,48,54)/t36-/m0/s1. The summed E-state index contributed by atoms with van der Waals surface area (Å²) in [6, 6.07) is 27.8. The van der Waals surface area contributed by atoms with Gasteiger partial charge in [-0.1, -0.05) is 54.1 Å². The van der Waals surface area contributed by atoms with Gasteiger partial charge in [-0.2, -0.15) is 0 Å². The molecule has 1 fully saturated rings. The highest BCUT2D eigenvalue weighted by Gasteiger charge is 2.44. The van der Waals surface area contributed by atoms with E-state index in [1.54, 1.807) is 37.1 Å². The lowest BCUT2D eigenvalue weighted by atomic mass is 9.74. The van der Waals surface area contributed by atoms with Gasteiger partial charge >= 0.3 is 7.12 Å². The summed E-state index contributed by atoms with van der Waals surface area (Å²) in [7, 11) is 0.0545. The zero-order valence-electron chi connectivity index (χ0n) is 33.7. The number of ether oxygens (including phenoxy) is 2. The highest BCUT2D eigenvalue weighted by molar-refractivity contribution is 8.00. The number of thiophene rings is 1. The molecule has 6 aromatic rings. The van der Waals surface area contributed by atoms with Crippen LogP contribution in [0.3, 0.4) is 0 Å². The van der Waals surface area contributed by atoms with E-state index in [9.17, 15) is 19.6 Å². The van der Waals surface area contributed by atoms with Crippen molar-refractivity contribution in [2.45, 2.75) is 48.4 Å². The van der Waals surface area contributed by atoms with Gasteiger partial charge in [0.1, 0.15) is 23.4 Å². The van der Waals surface area contributed by atoms with Gasteiger partial charge in [-0.3, -0.25) is 19.1 Å². The number of nitrogens with zero attached hydrogens (tertiary/aromatic N) is 5. The lowest BCUT2D eigenvalue weighted by Gasteiger charge is -2.38. The van der Waals surface area contributed by atoms with Crippen molar-refractivity contribution >= 4 is 64.8 Å². The van der Waals surface area contributed by atoms with Crippen LogP contribution in [0, 0.1) is 6.92 Å². The van der Waals surface area contributed by atoms with E-state index in [4.69, 9.17) is 26.1 Å². The summed E-state index contributed by atoms with van der Waals surface area (Å²) in [5.74, 6) is 2.57. The highest BCUT2D eigenvalue weighted by atomic mass is 35.5. The van der Waals surface area contributed by atoms with Crippen LogP contribution in [0.2, 0.25) is 5.02 Å². The number of fused-ring (bicyclic) bond motifs is 5. The SMILES string of the molecule is COc1ccc2c(c1)C(c1ccc(Cl)cc1)=N[C@@H](CC(=O)NCc1ccc3c(c1)C1(CCN(C(=O)c4cc(-c5cccc(B(O)O)c5)c(SC)s4)CC1)CO3)c1nnc(C)n1-2. The Labute approximate surface area is 366 Å². The van der Waals surface area contributed by atoms with Crippen LogP contribution in [-0.2, 0) is 16.8 Å². The summed E-state index contributed by atoms with van der Waals surface area (Å²) >= 11 is 9.30. The molecular formula is C45H42BClN6O6S2. The number of aliphatic imine (C=N–C) groups is 1. The minimum absolute atomic E-state index is 0.00865. The Balaban J connectivity index is 0.896. The summed E-state index contributed by atoms with van der Waals surface area (Å²) in [5.41, 5.74) is 7.17. The molecule has 0 bridgehead atoms. The fraction of sp³-hybridized carbons (Fsp3) is 0.267. The van der Waals surface area contributed by atoms with E-state index >= 15 is 0 Å². The molecule has 3 aliphatic heterocycles. The van der Waals surface area contributed by atoms with Crippen LogP contribution >= 0.6 is 34.7 Å². The van der Waals surface area contributed by atoms with Crippen LogP contribution in [0.1, 0.15) is 68.9 Å². The Kier molecular flexibility index (Phi) is 11.3. The average Bonchev–Trinajstić information content (AvgIpc) is 3.97. The summed E-state index contributed by atoms with van der Waals surface area (Å²) in [4.78, 5) is 35.5. The third-order valence-electron chi connectivity index (χ3n) is 11.8. The third-order valence-corrected chi connectivity index (χ3v) is 14.3. The van der Waals surface area contributed by atoms with Crippen molar-refractivity contribution in [1.29, 1.82) is 0 Å². The van der Waals surface area contributed by atoms with Gasteiger partial charge in [0.2, 0.25) is 5.91 Å². The second kappa shape index (κ2) is 16.8. The number of halogens is 1. The van der Waals surface area contributed by atoms with Crippen LogP contribution in [0.4, 0.5) is 0 Å². The van der Waals surface area contributed by atoms with Gasteiger partial charge in [-0.05, 0) is 91.1 Å². The van der Waals surface area contributed by atoms with E-state index in [0.29, 0.717) is 64.7 Å². The van der Waals surface area contributed by atoms with Gasteiger partial charge in [0, 0.05) is 52.3 Å². The van der Waals surface area contributed by atoms with Gasteiger partial charge in [-0.25, -0.2) is 0 Å². The van der Waals surface area contributed by atoms with Crippen molar-refractivity contribution in [3.05, 3.63) is 135 Å². The van der Waals surface area contributed by atoms with Crippen molar-refractivity contribution in [3.8, 4) is 28.3 Å². The van der Waals surface area contributed by atoms with E-state index in [1.807, 2.05) is 89.4 Å². The topological polar surface area (TPSA) is 151 Å². The molecule has 16 heteroatoms. The molecule has 12 nitrogen and oxygen atoms in total. The molecule has 9 rings (SSSR count). The molecule has 1 spiro atoms. The second-order valence-corrected chi connectivity index (χ2v) is 18.1. The fourth-order valence-electron chi connectivity index (χ4n) is 8.55. The van der Waals surface area contributed by atoms with E-state index in [0.717, 1.165) is 61.9 Å². The van der Waals surface area contributed by atoms with Crippen LogP contribution < -0.4 is 20.3 Å². The van der Waals surface area contributed by atoms with Gasteiger partial charge in [0.05, 0.1) is 40.6 Å². The maximum absolute atomic E-state index is 13.9. The first-order valence-electron chi connectivity index (χ1n) is 19.9. The summed E-state index contributed by atoms with van der Waals surface area (Å²) in [6.07, 6.45) is 3.52. The smallest absolute Gasteiger partial charge is 0.488 e. The molecule has 3 aliphatic rings. The van der Waals surface area contributed by atoms with E-state index in [-0.39, 0.29) is 23.7 Å². The molecule has 1 atom stereocenters. The van der Waals surface area contributed by atoms with Crippen molar-refractivity contribution in [3.63, 3.8) is 0 Å². The Morgan fingerprint density at radius 3 is 2.56 bits per heavy atom. The largest absolute Gasteiger partial charge is 0.497 e. The van der Waals surface area contributed by atoms with Crippen molar-refractivity contribution < 1.29 is 29.1 Å². The monoisotopic (exact) mass is 872 g/mol. The summed E-state index contributed by atoms with van der Waals surface area (Å²) in [6.45, 7) is 3.90. The molecule has 2 aromatic heterocycles. The van der Waals surface area contributed by atoms with E-state index < -0.39 is 13.2 Å². The summed E-state index contributed by atoms with van der Waals surface area (Å²) < 4.78 is 14.8. The number of hydrogen-bond donors (Lipinski definition) is 3. The van der Waals surface area contributed by atoms with Crippen molar-refractivity contribution in [2.75, 3.05) is 33.1 Å². The number of methoxy groups -OCH3 is 1. The molecule has 310 valence electrons. The lowest BCUT2D eigenvalue weighted by molar-refractivity contribution is -0.121. The number of aromatic nitrogens is 3. The predicted molar refractivity (Wildman–Crippen MR) is 239 cm³/mol. The maximum Gasteiger partial charge on any atom is 0.488 e. The number of likely N-dealkylation sites (tertiary alicyclic amines) is 1. The second-order valence-electron chi connectivity index (χ2n) is 15.5. The highest BCUT2D eigenvalue weighted by Crippen LogP contribution is 2.47. The van der Waals surface area contributed by atoms with Crippen LogP contribution in [0.25, 0.3) is 16.8 Å². The fourth-order valence-corrected chi connectivity index (χ4v) is 10.6. The lowest BCUT2D eigenvalue weighted by Crippen LogP contribution is -2.45. The van der Waals surface area contributed by atoms with Crippen LogP contribution in [-0.4, -0.2) is 87.4 Å². The number of carbonyl (C=O) groups excluding carboxylic acids is 2. The normalized spacial score (nSPS) is 16.2. The van der Waals surface area contributed by atoms with Gasteiger partial charge in [0.25, 0.3) is 5.91 Å². The molecular weight excluding hydrogens is 831 g/mol. The quantitative estimate of drug-likeness (QED) is 0.103. The Morgan fingerprint density at radius 2 is 1.80 bits per heavy atom. The number of piperidine rings is 1. The third kappa shape index (κ3) is 7.85. The van der Waals surface area contributed by atoms with Gasteiger partial charge in [-0.15, -0.1) is 33.3 Å². The number of hydrogen-bond acceptors (Lipinski definition) is 11. The average molecular weight is 873 g/mol. The van der Waals surface area contributed by atoms with Crippen LogP contribution in [0.15, 0.2) is 100 Å². The molecule has 5 heterocycles. The molecule has 4 aromatic carbocycles. The molecule has 61 heavy (non-hydrogen) atoms. The molecule has 1 saturated heterocycles. The minimum Gasteiger partial charge on any atom is -0.497 e. The van der Waals surface area contributed by atoms with Crippen molar-refractivity contribution in [2.24, 2.45) is 4.99 Å².